The first-order valence-electron chi connectivity index (χ1n) is 6.33. The third-order valence-electron chi connectivity index (χ3n) is 2.86. The van der Waals surface area contributed by atoms with Crippen LogP contribution in [0.3, 0.4) is 0 Å². The van der Waals surface area contributed by atoms with Crippen LogP contribution in [0.4, 0.5) is 0 Å². The van der Waals surface area contributed by atoms with Gasteiger partial charge in [-0.05, 0) is 25.1 Å². The van der Waals surface area contributed by atoms with Crippen LogP contribution < -0.4 is 11.1 Å². The minimum Gasteiger partial charge on any atom is -0.355 e. The lowest BCUT2D eigenvalue weighted by Crippen LogP contribution is -2.41. The third-order valence-corrected chi connectivity index (χ3v) is 2.86. The number of amides is 1. The van der Waals surface area contributed by atoms with Crippen molar-refractivity contribution in [2.24, 2.45) is 5.73 Å². The number of nitrogens with one attached hydrogen (secondary N) is 1. The lowest BCUT2D eigenvalue weighted by Gasteiger charge is -2.29. The summed E-state index contributed by atoms with van der Waals surface area (Å²) in [5.41, 5.74) is 6.88. The molecule has 1 unspecified atom stereocenters. The number of carbonyl (C=O) groups excluding carboxylic acids is 1. The van der Waals surface area contributed by atoms with Crippen molar-refractivity contribution in [3.63, 3.8) is 0 Å². The SMILES string of the molecule is CCNC(=O)CN(CC)C(CN)c1cccnc1. The maximum Gasteiger partial charge on any atom is 0.234 e. The number of aromatic nitrogens is 1. The molecule has 0 radical (unpaired) electrons. The van der Waals surface area contributed by atoms with Gasteiger partial charge in [0, 0.05) is 31.5 Å². The average Bonchev–Trinajstić information content (AvgIpc) is 2.40. The maximum atomic E-state index is 11.7. The van der Waals surface area contributed by atoms with Gasteiger partial charge >= 0.3 is 0 Å². The van der Waals surface area contributed by atoms with Gasteiger partial charge in [-0.3, -0.25) is 14.7 Å². The molecule has 1 heterocycles. The van der Waals surface area contributed by atoms with Crippen LogP contribution in [-0.2, 0) is 4.79 Å². The molecule has 5 nitrogen and oxygen atoms in total. The molecule has 0 fully saturated rings. The molecule has 1 rings (SSSR count). The van der Waals surface area contributed by atoms with E-state index in [1.165, 1.54) is 0 Å². The molecular formula is C13H22N4O. The molecule has 3 N–H and O–H groups in total. The number of nitrogens with zero attached hydrogens (tertiary/aromatic N) is 2. The average molecular weight is 250 g/mol. The molecule has 1 aromatic rings. The van der Waals surface area contributed by atoms with E-state index in [1.54, 1.807) is 12.4 Å². The minimum atomic E-state index is 0.0293. The number of hydrogen-bond acceptors (Lipinski definition) is 4. The van der Waals surface area contributed by atoms with E-state index < -0.39 is 0 Å². The number of rotatable bonds is 7. The minimum absolute atomic E-state index is 0.0293. The van der Waals surface area contributed by atoms with Gasteiger partial charge in [-0.2, -0.15) is 0 Å². The molecule has 0 aliphatic rings. The summed E-state index contributed by atoms with van der Waals surface area (Å²) < 4.78 is 0. The van der Waals surface area contributed by atoms with Gasteiger partial charge in [0.15, 0.2) is 0 Å². The number of likely N-dealkylation sites (N-methyl/N-ethyl adjacent to an activating group) is 2. The van der Waals surface area contributed by atoms with Crippen molar-refractivity contribution in [2.75, 3.05) is 26.2 Å². The summed E-state index contributed by atoms with van der Waals surface area (Å²) in [5, 5.41) is 2.80. The van der Waals surface area contributed by atoms with Gasteiger partial charge in [-0.1, -0.05) is 13.0 Å². The Morgan fingerprint density at radius 3 is 2.83 bits per heavy atom. The summed E-state index contributed by atoms with van der Waals surface area (Å²) in [7, 11) is 0. The van der Waals surface area contributed by atoms with Crippen molar-refractivity contribution in [1.29, 1.82) is 0 Å². The molecule has 0 spiro atoms. The normalized spacial score (nSPS) is 12.4. The highest BCUT2D eigenvalue weighted by Gasteiger charge is 2.19. The monoisotopic (exact) mass is 250 g/mol. The number of pyridine rings is 1. The Labute approximate surface area is 108 Å². The lowest BCUT2D eigenvalue weighted by molar-refractivity contribution is -0.122. The Bertz CT molecular complexity index is 355. The highest BCUT2D eigenvalue weighted by Crippen LogP contribution is 2.17. The second-order valence-electron chi connectivity index (χ2n) is 4.05. The molecule has 0 aromatic carbocycles. The smallest absolute Gasteiger partial charge is 0.234 e. The first-order valence-corrected chi connectivity index (χ1v) is 6.33. The van der Waals surface area contributed by atoms with Crippen LogP contribution in [0.2, 0.25) is 0 Å². The summed E-state index contributed by atoms with van der Waals surface area (Å²) in [6.07, 6.45) is 3.54. The number of nitrogens with two attached hydrogens (primary N) is 1. The predicted molar refractivity (Wildman–Crippen MR) is 72.0 cm³/mol. The van der Waals surface area contributed by atoms with Crippen LogP contribution in [-0.4, -0.2) is 42.0 Å². The van der Waals surface area contributed by atoms with E-state index in [4.69, 9.17) is 5.73 Å². The highest BCUT2D eigenvalue weighted by molar-refractivity contribution is 5.78. The van der Waals surface area contributed by atoms with Gasteiger partial charge in [0.1, 0.15) is 0 Å². The fourth-order valence-corrected chi connectivity index (χ4v) is 1.95. The Morgan fingerprint density at radius 1 is 1.56 bits per heavy atom. The van der Waals surface area contributed by atoms with E-state index >= 15 is 0 Å². The van der Waals surface area contributed by atoms with E-state index in [9.17, 15) is 4.79 Å². The van der Waals surface area contributed by atoms with Gasteiger partial charge in [0.2, 0.25) is 5.91 Å². The van der Waals surface area contributed by atoms with Crippen molar-refractivity contribution in [3.8, 4) is 0 Å². The van der Waals surface area contributed by atoms with Crippen LogP contribution in [0.1, 0.15) is 25.5 Å². The van der Waals surface area contributed by atoms with Crippen molar-refractivity contribution < 1.29 is 4.79 Å². The largest absolute Gasteiger partial charge is 0.355 e. The highest BCUT2D eigenvalue weighted by atomic mass is 16.2. The van der Waals surface area contributed by atoms with E-state index in [1.807, 2.05) is 26.0 Å². The van der Waals surface area contributed by atoms with Crippen molar-refractivity contribution in [1.82, 2.24) is 15.2 Å². The van der Waals surface area contributed by atoms with Gasteiger partial charge < -0.3 is 11.1 Å². The molecule has 0 saturated heterocycles. The summed E-state index contributed by atoms with van der Waals surface area (Å²) in [4.78, 5) is 17.8. The van der Waals surface area contributed by atoms with Crippen LogP contribution in [0.5, 0.6) is 0 Å². The molecule has 0 aliphatic carbocycles. The molecule has 1 atom stereocenters. The molecule has 0 bridgehead atoms. The van der Waals surface area contributed by atoms with E-state index in [-0.39, 0.29) is 11.9 Å². The summed E-state index contributed by atoms with van der Waals surface area (Å²) >= 11 is 0. The molecule has 100 valence electrons. The molecule has 1 amide bonds. The second-order valence-corrected chi connectivity index (χ2v) is 4.05. The molecular weight excluding hydrogens is 228 g/mol. The van der Waals surface area contributed by atoms with E-state index in [0.29, 0.717) is 19.6 Å². The van der Waals surface area contributed by atoms with Crippen LogP contribution in [0.25, 0.3) is 0 Å². The van der Waals surface area contributed by atoms with E-state index in [0.717, 1.165) is 12.1 Å². The zero-order valence-corrected chi connectivity index (χ0v) is 11.1. The molecule has 1 aromatic heterocycles. The Hall–Kier alpha value is -1.46. The Balaban J connectivity index is 2.75. The zero-order valence-electron chi connectivity index (χ0n) is 11.1. The van der Waals surface area contributed by atoms with Crippen LogP contribution in [0, 0.1) is 0 Å². The fourth-order valence-electron chi connectivity index (χ4n) is 1.95. The quantitative estimate of drug-likeness (QED) is 0.741. The van der Waals surface area contributed by atoms with Crippen LogP contribution >= 0.6 is 0 Å². The number of carbonyl (C=O) groups is 1. The maximum absolute atomic E-state index is 11.7. The van der Waals surface area contributed by atoms with Gasteiger partial charge in [0.05, 0.1) is 6.54 Å². The lowest BCUT2D eigenvalue weighted by atomic mass is 10.1. The summed E-state index contributed by atoms with van der Waals surface area (Å²) in [5.74, 6) is 0.0293. The van der Waals surface area contributed by atoms with E-state index in [2.05, 4.69) is 15.2 Å². The zero-order chi connectivity index (χ0) is 13.4. The van der Waals surface area contributed by atoms with Gasteiger partial charge in [0.25, 0.3) is 0 Å². The van der Waals surface area contributed by atoms with Gasteiger partial charge in [-0.15, -0.1) is 0 Å². The number of hydrogen-bond donors (Lipinski definition) is 2. The standard InChI is InChI=1S/C13H22N4O/c1-3-16-13(18)10-17(4-2)12(8-14)11-6-5-7-15-9-11/h5-7,9,12H,3-4,8,10,14H2,1-2H3,(H,16,18). The first-order chi connectivity index (χ1) is 8.72. The van der Waals surface area contributed by atoms with Gasteiger partial charge in [-0.25, -0.2) is 0 Å². The molecule has 18 heavy (non-hydrogen) atoms. The molecule has 0 aliphatic heterocycles. The van der Waals surface area contributed by atoms with Crippen LogP contribution in [0.15, 0.2) is 24.5 Å². The Morgan fingerprint density at radius 2 is 2.33 bits per heavy atom. The molecule has 0 saturated carbocycles. The van der Waals surface area contributed by atoms with Crippen molar-refractivity contribution in [3.05, 3.63) is 30.1 Å². The third kappa shape index (κ3) is 4.09. The second kappa shape index (κ2) is 7.79. The fraction of sp³-hybridized carbons (Fsp3) is 0.538. The topological polar surface area (TPSA) is 71.2 Å². The molecule has 5 heteroatoms. The van der Waals surface area contributed by atoms with Crippen molar-refractivity contribution in [2.45, 2.75) is 19.9 Å². The summed E-state index contributed by atoms with van der Waals surface area (Å²) in [6, 6.07) is 3.91. The first kappa shape index (κ1) is 14.6. The summed E-state index contributed by atoms with van der Waals surface area (Å²) in [6.45, 7) is 6.19. The van der Waals surface area contributed by atoms with Crippen molar-refractivity contribution >= 4 is 5.91 Å². The Kier molecular flexibility index (Phi) is 6.32. The predicted octanol–water partition coefficient (Wildman–Crippen LogP) is 0.539.